The van der Waals surface area contributed by atoms with Gasteiger partial charge in [0.05, 0.1) is 16.7 Å². The molecule has 3 aromatic rings. The second kappa shape index (κ2) is 5.92. The van der Waals surface area contributed by atoms with Crippen LogP contribution in [0, 0.1) is 6.92 Å². The predicted molar refractivity (Wildman–Crippen MR) is 86.8 cm³/mol. The number of benzene rings is 2. The number of aryl methyl sites for hydroxylation is 1. The number of rotatable bonds is 3. The first-order chi connectivity index (χ1) is 12.5. The van der Waals surface area contributed by atoms with Crippen LogP contribution in [-0.4, -0.2) is 33.0 Å². The number of hydrogen-bond acceptors (Lipinski definition) is 7. The van der Waals surface area contributed by atoms with Gasteiger partial charge in [-0.25, -0.2) is 4.79 Å². The zero-order valence-electron chi connectivity index (χ0n) is 13.5. The van der Waals surface area contributed by atoms with Crippen molar-refractivity contribution < 1.29 is 23.6 Å². The van der Waals surface area contributed by atoms with Crippen LogP contribution in [0.2, 0.25) is 0 Å². The molecule has 0 N–H and O–H groups in total. The van der Waals surface area contributed by atoms with Crippen molar-refractivity contribution in [3.05, 3.63) is 71.1 Å². The number of imide groups is 1. The monoisotopic (exact) mass is 349 g/mol. The van der Waals surface area contributed by atoms with Crippen molar-refractivity contribution in [3.63, 3.8) is 0 Å². The van der Waals surface area contributed by atoms with Gasteiger partial charge in [0, 0.05) is 12.5 Å². The van der Waals surface area contributed by atoms with Gasteiger partial charge in [-0.15, -0.1) is 10.2 Å². The van der Waals surface area contributed by atoms with Crippen molar-refractivity contribution in [2.75, 3.05) is 0 Å². The van der Waals surface area contributed by atoms with Gasteiger partial charge in [-0.1, -0.05) is 23.3 Å². The Morgan fingerprint density at radius 2 is 1.69 bits per heavy atom. The number of hydrogen-bond donors (Lipinski definition) is 0. The van der Waals surface area contributed by atoms with Crippen LogP contribution in [0.5, 0.6) is 0 Å². The van der Waals surface area contributed by atoms with Crippen LogP contribution >= 0.6 is 0 Å². The topological polar surface area (TPSA) is 103 Å². The van der Waals surface area contributed by atoms with E-state index in [1.165, 1.54) is 24.3 Å². The number of carbonyl (C=O) groups excluding carboxylic acids is 3. The van der Waals surface area contributed by atoms with Crippen LogP contribution in [0.3, 0.4) is 0 Å². The molecule has 1 aromatic heterocycles. The summed E-state index contributed by atoms with van der Waals surface area (Å²) in [5.74, 6) is -1.57. The van der Waals surface area contributed by atoms with Crippen molar-refractivity contribution in [2.24, 2.45) is 0 Å². The van der Waals surface area contributed by atoms with Gasteiger partial charge in [0.2, 0.25) is 11.8 Å². The predicted octanol–water partition coefficient (Wildman–Crippen LogP) is 2.41. The van der Waals surface area contributed by atoms with Crippen LogP contribution in [0.4, 0.5) is 0 Å². The Morgan fingerprint density at radius 1 is 1.00 bits per heavy atom. The van der Waals surface area contributed by atoms with E-state index in [4.69, 9.17) is 9.25 Å². The first kappa shape index (κ1) is 15.7. The number of aromatic nitrogens is 2. The normalized spacial score (nSPS) is 13.0. The molecule has 128 valence electrons. The van der Waals surface area contributed by atoms with Crippen LogP contribution in [0.15, 0.2) is 52.9 Å². The summed E-state index contributed by atoms with van der Waals surface area (Å²) >= 11 is 0. The van der Waals surface area contributed by atoms with E-state index in [2.05, 4.69) is 10.2 Å². The molecule has 8 nitrogen and oxygen atoms in total. The summed E-state index contributed by atoms with van der Waals surface area (Å²) in [4.78, 5) is 41.9. The molecule has 2 heterocycles. The van der Waals surface area contributed by atoms with E-state index in [1.54, 1.807) is 31.2 Å². The van der Waals surface area contributed by atoms with Gasteiger partial charge >= 0.3 is 5.97 Å². The van der Waals surface area contributed by atoms with Gasteiger partial charge in [0.1, 0.15) is 0 Å². The van der Waals surface area contributed by atoms with Gasteiger partial charge in [-0.3, -0.25) is 9.59 Å². The smallest absolute Gasteiger partial charge is 0.363 e. The molecule has 0 unspecified atom stereocenters. The number of carbonyl (C=O) groups is 3. The zero-order valence-corrected chi connectivity index (χ0v) is 13.5. The van der Waals surface area contributed by atoms with E-state index >= 15 is 0 Å². The van der Waals surface area contributed by atoms with E-state index in [1.807, 2.05) is 0 Å². The summed E-state index contributed by atoms with van der Waals surface area (Å²) in [6.07, 6.45) is 0. The fourth-order valence-corrected chi connectivity index (χ4v) is 2.58. The van der Waals surface area contributed by atoms with Crippen molar-refractivity contribution in [1.82, 2.24) is 15.3 Å². The Labute approximate surface area is 147 Å². The molecule has 2 amide bonds. The molecule has 4 rings (SSSR count). The van der Waals surface area contributed by atoms with E-state index in [0.717, 1.165) is 0 Å². The summed E-state index contributed by atoms with van der Waals surface area (Å²) in [5.41, 5.74) is 1.04. The SMILES string of the molecule is Cc1nnc(-c2cccc(C(=O)ON3C(=O)c4ccccc4C3=O)c2)o1. The van der Waals surface area contributed by atoms with E-state index in [9.17, 15) is 14.4 Å². The quantitative estimate of drug-likeness (QED) is 0.669. The summed E-state index contributed by atoms with van der Waals surface area (Å²) in [5, 5.41) is 8.09. The molecular weight excluding hydrogens is 338 g/mol. The highest BCUT2D eigenvalue weighted by molar-refractivity contribution is 6.21. The highest BCUT2D eigenvalue weighted by Crippen LogP contribution is 2.24. The third-order valence-corrected chi connectivity index (χ3v) is 3.80. The summed E-state index contributed by atoms with van der Waals surface area (Å²) < 4.78 is 5.32. The molecule has 0 fully saturated rings. The Hall–Kier alpha value is -3.81. The third-order valence-electron chi connectivity index (χ3n) is 3.80. The number of fused-ring (bicyclic) bond motifs is 1. The summed E-state index contributed by atoms with van der Waals surface area (Å²) in [6, 6.07) is 12.5. The Kier molecular flexibility index (Phi) is 3.58. The Morgan fingerprint density at radius 3 is 2.31 bits per heavy atom. The minimum Gasteiger partial charge on any atom is -0.421 e. The lowest BCUT2D eigenvalue weighted by molar-refractivity contribution is -0.0584. The van der Waals surface area contributed by atoms with Crippen LogP contribution in [0.25, 0.3) is 11.5 Å². The molecule has 2 aromatic carbocycles. The fourth-order valence-electron chi connectivity index (χ4n) is 2.58. The summed E-state index contributed by atoms with van der Waals surface area (Å²) in [6.45, 7) is 1.65. The molecule has 0 radical (unpaired) electrons. The van der Waals surface area contributed by atoms with Crippen molar-refractivity contribution in [3.8, 4) is 11.5 Å². The number of hydroxylamine groups is 2. The molecule has 26 heavy (non-hydrogen) atoms. The molecule has 0 saturated heterocycles. The van der Waals surface area contributed by atoms with Crippen molar-refractivity contribution >= 4 is 17.8 Å². The van der Waals surface area contributed by atoms with Crippen LogP contribution < -0.4 is 0 Å². The lowest BCUT2D eigenvalue weighted by Crippen LogP contribution is -2.32. The second-order valence-electron chi connectivity index (χ2n) is 5.54. The van der Waals surface area contributed by atoms with Gasteiger partial charge in [-0.05, 0) is 30.3 Å². The molecular formula is C18H11N3O5. The standard InChI is InChI=1S/C18H11N3O5/c1-10-19-20-15(25-10)11-5-4-6-12(9-11)18(24)26-21-16(22)13-7-2-3-8-14(13)17(21)23/h2-9H,1H3. The molecule has 0 bridgehead atoms. The molecule has 0 saturated carbocycles. The first-order valence-electron chi connectivity index (χ1n) is 7.65. The van der Waals surface area contributed by atoms with Crippen molar-refractivity contribution in [2.45, 2.75) is 6.92 Å². The summed E-state index contributed by atoms with van der Waals surface area (Å²) in [7, 11) is 0. The van der Waals surface area contributed by atoms with E-state index < -0.39 is 17.8 Å². The largest absolute Gasteiger partial charge is 0.421 e. The fraction of sp³-hybridized carbons (Fsp3) is 0.0556. The maximum Gasteiger partial charge on any atom is 0.363 e. The second-order valence-corrected chi connectivity index (χ2v) is 5.54. The molecule has 0 atom stereocenters. The highest BCUT2D eigenvalue weighted by Gasteiger charge is 2.38. The Bertz CT molecular complexity index is 1020. The minimum atomic E-state index is -0.849. The zero-order chi connectivity index (χ0) is 18.3. The van der Waals surface area contributed by atoms with Crippen LogP contribution in [-0.2, 0) is 4.84 Å². The van der Waals surface area contributed by atoms with Gasteiger partial charge in [0.15, 0.2) is 0 Å². The maximum atomic E-state index is 12.4. The first-order valence-corrected chi connectivity index (χ1v) is 7.65. The average Bonchev–Trinajstić information content (AvgIpc) is 3.20. The highest BCUT2D eigenvalue weighted by atomic mass is 16.7. The lowest BCUT2D eigenvalue weighted by atomic mass is 10.1. The molecule has 0 aliphatic carbocycles. The van der Waals surface area contributed by atoms with Crippen LogP contribution in [0.1, 0.15) is 37.0 Å². The van der Waals surface area contributed by atoms with Gasteiger partial charge in [0.25, 0.3) is 11.8 Å². The maximum absolute atomic E-state index is 12.4. The number of amides is 2. The van der Waals surface area contributed by atoms with E-state index in [0.29, 0.717) is 16.5 Å². The van der Waals surface area contributed by atoms with E-state index in [-0.39, 0.29) is 22.6 Å². The number of nitrogens with zero attached hydrogens (tertiary/aromatic N) is 3. The van der Waals surface area contributed by atoms with Gasteiger partial charge < -0.3 is 9.25 Å². The molecule has 0 spiro atoms. The average molecular weight is 349 g/mol. The molecule has 1 aliphatic heterocycles. The lowest BCUT2D eigenvalue weighted by Gasteiger charge is -2.12. The van der Waals surface area contributed by atoms with Gasteiger partial charge in [-0.2, -0.15) is 0 Å². The Balaban J connectivity index is 1.58. The third kappa shape index (κ3) is 2.53. The minimum absolute atomic E-state index is 0.134. The van der Waals surface area contributed by atoms with Crippen molar-refractivity contribution in [1.29, 1.82) is 0 Å². The molecule has 8 heteroatoms. The molecule has 1 aliphatic rings.